The van der Waals surface area contributed by atoms with Gasteiger partial charge in [-0.25, -0.2) is 8.78 Å². The summed E-state index contributed by atoms with van der Waals surface area (Å²) >= 11 is 2.60. The third-order valence-electron chi connectivity index (χ3n) is 2.38. The third kappa shape index (κ3) is 3.02. The first-order valence-electron chi connectivity index (χ1n) is 4.78. The normalized spacial score (nSPS) is 14.6. The standard InChI is InChI=1S/C10H7BrF7N/c1-19-8(9(14,15)10(16,17)18)4-2-7(13)5(11)3-6(4)12/h2-3,8,19H,1H3. The summed E-state index contributed by atoms with van der Waals surface area (Å²) in [5.41, 5.74) is -1.11. The van der Waals surface area contributed by atoms with Crippen molar-refractivity contribution in [3.63, 3.8) is 0 Å². The SMILES string of the molecule is CNC(c1cc(F)c(Br)cc1F)C(F)(F)C(F)(F)F. The van der Waals surface area contributed by atoms with Crippen LogP contribution in [0.25, 0.3) is 0 Å². The molecule has 0 aliphatic rings. The quantitative estimate of drug-likeness (QED) is 0.634. The fourth-order valence-corrected chi connectivity index (χ4v) is 1.77. The smallest absolute Gasteiger partial charge is 0.308 e. The molecule has 0 heterocycles. The van der Waals surface area contributed by atoms with Gasteiger partial charge in [-0.15, -0.1) is 0 Å². The molecule has 1 unspecified atom stereocenters. The molecule has 1 aromatic rings. The third-order valence-corrected chi connectivity index (χ3v) is 2.99. The van der Waals surface area contributed by atoms with Gasteiger partial charge in [-0.1, -0.05) is 0 Å². The van der Waals surface area contributed by atoms with Crippen molar-refractivity contribution in [2.24, 2.45) is 0 Å². The average molecular weight is 354 g/mol. The van der Waals surface area contributed by atoms with Gasteiger partial charge in [-0.2, -0.15) is 22.0 Å². The zero-order valence-corrected chi connectivity index (χ0v) is 10.8. The fourth-order valence-electron chi connectivity index (χ4n) is 1.45. The van der Waals surface area contributed by atoms with Crippen LogP contribution in [0.2, 0.25) is 0 Å². The van der Waals surface area contributed by atoms with Crippen LogP contribution in [-0.4, -0.2) is 19.1 Å². The first kappa shape index (κ1) is 16.2. The van der Waals surface area contributed by atoms with E-state index in [9.17, 15) is 30.7 Å². The van der Waals surface area contributed by atoms with E-state index >= 15 is 0 Å². The molecule has 108 valence electrons. The summed E-state index contributed by atoms with van der Waals surface area (Å²) in [5.74, 6) is -7.77. The Balaban J connectivity index is 3.37. The highest BCUT2D eigenvalue weighted by molar-refractivity contribution is 9.10. The molecule has 0 fully saturated rings. The summed E-state index contributed by atoms with van der Waals surface area (Å²) < 4.78 is 89.4. The molecule has 0 bridgehead atoms. The second-order valence-electron chi connectivity index (χ2n) is 3.63. The van der Waals surface area contributed by atoms with Gasteiger partial charge >= 0.3 is 12.1 Å². The number of nitrogens with one attached hydrogen (secondary N) is 1. The van der Waals surface area contributed by atoms with Crippen molar-refractivity contribution in [1.29, 1.82) is 0 Å². The van der Waals surface area contributed by atoms with Crippen molar-refractivity contribution in [2.75, 3.05) is 7.05 Å². The molecule has 1 atom stereocenters. The number of hydrogen-bond acceptors (Lipinski definition) is 1. The molecule has 19 heavy (non-hydrogen) atoms. The van der Waals surface area contributed by atoms with E-state index in [-0.39, 0.29) is 4.47 Å². The number of benzene rings is 1. The lowest BCUT2D eigenvalue weighted by atomic mass is 9.99. The van der Waals surface area contributed by atoms with Crippen LogP contribution in [-0.2, 0) is 0 Å². The molecular weight excluding hydrogens is 347 g/mol. The van der Waals surface area contributed by atoms with E-state index in [0.717, 1.165) is 7.05 Å². The van der Waals surface area contributed by atoms with Crippen LogP contribution in [0.4, 0.5) is 30.7 Å². The minimum atomic E-state index is -5.89. The van der Waals surface area contributed by atoms with E-state index in [1.165, 1.54) is 0 Å². The van der Waals surface area contributed by atoms with Crippen molar-refractivity contribution in [3.05, 3.63) is 33.8 Å². The Labute approximate surface area is 111 Å². The van der Waals surface area contributed by atoms with Crippen molar-refractivity contribution in [2.45, 2.75) is 18.1 Å². The van der Waals surface area contributed by atoms with E-state index in [0.29, 0.717) is 12.1 Å². The first-order valence-corrected chi connectivity index (χ1v) is 5.58. The Hall–Kier alpha value is -0.830. The number of alkyl halides is 5. The molecule has 0 saturated carbocycles. The molecule has 1 nitrogen and oxygen atoms in total. The summed E-state index contributed by atoms with van der Waals surface area (Å²) in [5, 5.41) is 1.66. The number of halogens is 8. The van der Waals surface area contributed by atoms with Gasteiger partial charge in [-0.3, -0.25) is 0 Å². The maximum absolute atomic E-state index is 13.4. The molecule has 1 aromatic carbocycles. The van der Waals surface area contributed by atoms with Gasteiger partial charge in [0.05, 0.1) is 4.47 Å². The Kier molecular flexibility index (Phi) is 4.51. The Morgan fingerprint density at radius 1 is 1.05 bits per heavy atom. The van der Waals surface area contributed by atoms with Crippen molar-refractivity contribution < 1.29 is 30.7 Å². The van der Waals surface area contributed by atoms with E-state index in [4.69, 9.17) is 0 Å². The van der Waals surface area contributed by atoms with Gasteiger partial charge in [0, 0.05) is 5.56 Å². The van der Waals surface area contributed by atoms with Gasteiger partial charge < -0.3 is 5.32 Å². The highest BCUT2D eigenvalue weighted by atomic mass is 79.9. The molecule has 0 saturated heterocycles. The van der Waals surface area contributed by atoms with Crippen LogP contribution in [0.5, 0.6) is 0 Å². The van der Waals surface area contributed by atoms with E-state index in [1.54, 1.807) is 5.32 Å². The molecule has 1 rings (SSSR count). The summed E-state index contributed by atoms with van der Waals surface area (Å²) in [4.78, 5) is 0. The molecule has 0 amide bonds. The van der Waals surface area contributed by atoms with Gasteiger partial charge in [0.15, 0.2) is 0 Å². The first-order chi connectivity index (χ1) is 8.52. The van der Waals surface area contributed by atoms with Gasteiger partial charge in [0.1, 0.15) is 17.7 Å². The summed E-state index contributed by atoms with van der Waals surface area (Å²) in [6.07, 6.45) is -5.89. The predicted octanol–water partition coefficient (Wildman–Crippen LogP) is 4.19. The minimum Gasteiger partial charge on any atom is -0.308 e. The Morgan fingerprint density at radius 2 is 1.58 bits per heavy atom. The van der Waals surface area contributed by atoms with E-state index in [1.807, 2.05) is 0 Å². The Morgan fingerprint density at radius 3 is 2.00 bits per heavy atom. The van der Waals surface area contributed by atoms with Crippen LogP contribution < -0.4 is 5.32 Å². The largest absolute Gasteiger partial charge is 0.455 e. The summed E-state index contributed by atoms with van der Waals surface area (Å²) in [6.45, 7) is 0. The predicted molar refractivity (Wildman–Crippen MR) is 56.9 cm³/mol. The van der Waals surface area contributed by atoms with Crippen molar-refractivity contribution >= 4 is 15.9 Å². The monoisotopic (exact) mass is 353 g/mol. The van der Waals surface area contributed by atoms with Crippen LogP contribution >= 0.6 is 15.9 Å². The van der Waals surface area contributed by atoms with Gasteiger partial charge in [0.2, 0.25) is 0 Å². The molecule has 0 aliphatic heterocycles. The van der Waals surface area contributed by atoms with Crippen molar-refractivity contribution in [3.8, 4) is 0 Å². The van der Waals surface area contributed by atoms with Crippen molar-refractivity contribution in [1.82, 2.24) is 5.32 Å². The van der Waals surface area contributed by atoms with Crippen LogP contribution in [0, 0.1) is 11.6 Å². The van der Waals surface area contributed by atoms with Gasteiger partial charge in [-0.05, 0) is 35.1 Å². The average Bonchev–Trinajstić information content (AvgIpc) is 2.24. The van der Waals surface area contributed by atoms with Crippen LogP contribution in [0.3, 0.4) is 0 Å². The molecule has 1 N–H and O–H groups in total. The summed E-state index contributed by atoms with van der Waals surface area (Å²) in [7, 11) is 0.795. The maximum Gasteiger partial charge on any atom is 0.455 e. The van der Waals surface area contributed by atoms with E-state index < -0.39 is 35.3 Å². The second-order valence-corrected chi connectivity index (χ2v) is 4.48. The lowest BCUT2D eigenvalue weighted by Gasteiger charge is -2.28. The molecular formula is C10H7BrF7N. The molecule has 0 spiro atoms. The lowest BCUT2D eigenvalue weighted by molar-refractivity contribution is -0.294. The van der Waals surface area contributed by atoms with Crippen LogP contribution in [0.15, 0.2) is 16.6 Å². The Bertz CT molecular complexity index is 472. The van der Waals surface area contributed by atoms with Crippen LogP contribution in [0.1, 0.15) is 11.6 Å². The molecule has 0 aliphatic carbocycles. The molecule has 0 aromatic heterocycles. The van der Waals surface area contributed by atoms with Gasteiger partial charge in [0.25, 0.3) is 0 Å². The second kappa shape index (κ2) is 5.28. The van der Waals surface area contributed by atoms with E-state index in [2.05, 4.69) is 15.9 Å². The lowest BCUT2D eigenvalue weighted by Crippen LogP contribution is -2.47. The topological polar surface area (TPSA) is 12.0 Å². The zero-order valence-electron chi connectivity index (χ0n) is 9.26. The number of rotatable bonds is 3. The number of hydrogen-bond donors (Lipinski definition) is 1. The minimum absolute atomic E-state index is 0.292. The fraction of sp³-hybridized carbons (Fsp3) is 0.400. The molecule has 0 radical (unpaired) electrons. The highest BCUT2D eigenvalue weighted by Gasteiger charge is 2.62. The maximum atomic E-state index is 13.4. The highest BCUT2D eigenvalue weighted by Crippen LogP contribution is 2.45. The summed E-state index contributed by atoms with van der Waals surface area (Å²) in [6, 6.07) is -1.95. The molecule has 9 heteroatoms. The zero-order chi connectivity index (χ0) is 15.0.